The van der Waals surface area contributed by atoms with Crippen LogP contribution in [0.1, 0.15) is 0 Å². The summed E-state index contributed by atoms with van der Waals surface area (Å²) in [7, 11) is 0. The Balaban J connectivity index is 1.15. The number of benzene rings is 9. The Morgan fingerprint density at radius 1 is 0.320 bits per heavy atom. The second kappa shape index (κ2) is 11.5. The molecule has 50 heavy (non-hydrogen) atoms. The summed E-state index contributed by atoms with van der Waals surface area (Å²) in [5, 5.41) is 9.63. The molecule has 234 valence electrons. The van der Waals surface area contributed by atoms with E-state index in [1.807, 2.05) is 12.1 Å². The van der Waals surface area contributed by atoms with E-state index < -0.39 is 0 Å². The number of anilines is 3. The highest BCUT2D eigenvalue weighted by Crippen LogP contribution is 2.44. The number of nitrogens with zero attached hydrogens (tertiary/aromatic N) is 1. The van der Waals surface area contributed by atoms with Crippen LogP contribution in [-0.2, 0) is 0 Å². The van der Waals surface area contributed by atoms with Gasteiger partial charge in [-0.05, 0) is 91.6 Å². The van der Waals surface area contributed by atoms with Crippen LogP contribution < -0.4 is 4.90 Å². The van der Waals surface area contributed by atoms with Crippen LogP contribution in [0.25, 0.3) is 76.5 Å². The summed E-state index contributed by atoms with van der Waals surface area (Å²) in [5.74, 6) is 0. The van der Waals surface area contributed by atoms with Crippen molar-refractivity contribution >= 4 is 71.3 Å². The highest BCUT2D eigenvalue weighted by atomic mass is 16.3. The second-order valence-electron chi connectivity index (χ2n) is 12.9. The van der Waals surface area contributed by atoms with Gasteiger partial charge in [0.1, 0.15) is 11.2 Å². The Morgan fingerprint density at radius 3 is 1.72 bits per heavy atom. The molecule has 0 saturated heterocycles. The van der Waals surface area contributed by atoms with Crippen molar-refractivity contribution < 1.29 is 4.42 Å². The van der Waals surface area contributed by atoms with Crippen LogP contribution in [0, 0.1) is 0 Å². The Kier molecular flexibility index (Phi) is 6.53. The normalized spacial score (nSPS) is 11.6. The number of rotatable bonds is 5. The fourth-order valence-electron chi connectivity index (χ4n) is 7.63. The molecule has 0 bridgehead atoms. The van der Waals surface area contributed by atoms with Crippen molar-refractivity contribution in [3.63, 3.8) is 0 Å². The molecular weight excluding hydrogens is 607 g/mol. The highest BCUT2D eigenvalue weighted by molar-refractivity contribution is 6.15. The zero-order chi connectivity index (χ0) is 33.0. The van der Waals surface area contributed by atoms with Gasteiger partial charge in [-0.2, -0.15) is 0 Å². The topological polar surface area (TPSA) is 16.4 Å². The maximum atomic E-state index is 6.40. The van der Waals surface area contributed by atoms with Gasteiger partial charge in [-0.1, -0.05) is 140 Å². The first-order valence-corrected chi connectivity index (χ1v) is 17.1. The molecule has 10 aromatic rings. The third-order valence-corrected chi connectivity index (χ3v) is 10.0. The van der Waals surface area contributed by atoms with E-state index in [4.69, 9.17) is 4.42 Å². The zero-order valence-corrected chi connectivity index (χ0v) is 27.3. The number of furan rings is 1. The van der Waals surface area contributed by atoms with Gasteiger partial charge in [0.05, 0.1) is 5.69 Å². The van der Waals surface area contributed by atoms with Gasteiger partial charge in [-0.3, -0.25) is 0 Å². The minimum atomic E-state index is 0.875. The Morgan fingerprint density at radius 2 is 0.900 bits per heavy atom. The van der Waals surface area contributed by atoms with Crippen molar-refractivity contribution in [2.75, 3.05) is 4.90 Å². The van der Waals surface area contributed by atoms with Crippen LogP contribution in [0.15, 0.2) is 192 Å². The molecule has 0 aliphatic heterocycles. The van der Waals surface area contributed by atoms with E-state index in [9.17, 15) is 0 Å². The number of hydrogen-bond acceptors (Lipinski definition) is 2. The quantitative estimate of drug-likeness (QED) is 0.175. The second-order valence-corrected chi connectivity index (χ2v) is 12.9. The first-order valence-electron chi connectivity index (χ1n) is 17.1. The first kappa shape index (κ1) is 28.4. The van der Waals surface area contributed by atoms with E-state index in [2.05, 4.69) is 181 Å². The number of fused-ring (bicyclic) bond motifs is 7. The van der Waals surface area contributed by atoms with Crippen molar-refractivity contribution in [2.45, 2.75) is 0 Å². The van der Waals surface area contributed by atoms with Gasteiger partial charge in [-0.15, -0.1) is 0 Å². The minimum absolute atomic E-state index is 0.875. The molecule has 0 N–H and O–H groups in total. The lowest BCUT2D eigenvalue weighted by molar-refractivity contribution is 0.669. The predicted octanol–water partition coefficient (Wildman–Crippen LogP) is 13.8. The van der Waals surface area contributed by atoms with Crippen molar-refractivity contribution in [2.24, 2.45) is 0 Å². The smallest absolute Gasteiger partial charge is 0.137 e. The fourth-order valence-corrected chi connectivity index (χ4v) is 7.63. The third kappa shape index (κ3) is 4.65. The van der Waals surface area contributed by atoms with E-state index in [0.29, 0.717) is 0 Å². The van der Waals surface area contributed by atoms with Crippen molar-refractivity contribution in [1.82, 2.24) is 0 Å². The molecule has 10 rings (SSSR count). The van der Waals surface area contributed by atoms with Gasteiger partial charge in [0.25, 0.3) is 0 Å². The van der Waals surface area contributed by atoms with Crippen LogP contribution in [-0.4, -0.2) is 0 Å². The lowest BCUT2D eigenvalue weighted by Gasteiger charge is -2.28. The minimum Gasteiger partial charge on any atom is -0.456 e. The van der Waals surface area contributed by atoms with E-state index in [0.717, 1.165) is 39.0 Å². The molecule has 0 fully saturated rings. The lowest BCUT2D eigenvalue weighted by Crippen LogP contribution is -2.10. The standard InChI is InChI=1S/C48H31NO/c1-2-12-34-29-36(22-21-32(34)11-1)40-15-6-5-14-39(40)33-23-25-37(26-24-33)49(38-27-28-45-44-19-9-10-20-47(44)50-48(45)31-38)46-30-35-13-3-4-16-41(35)42-17-7-8-18-43(42)46/h1-31H. The summed E-state index contributed by atoms with van der Waals surface area (Å²) in [6.45, 7) is 0. The number of hydrogen-bond donors (Lipinski definition) is 0. The molecule has 9 aromatic carbocycles. The Hall–Kier alpha value is -6.64. The van der Waals surface area contributed by atoms with Crippen LogP contribution in [0.4, 0.5) is 17.1 Å². The molecule has 0 spiro atoms. The molecular formula is C48H31NO. The van der Waals surface area contributed by atoms with E-state index in [1.165, 1.54) is 54.6 Å². The molecule has 1 aromatic heterocycles. The van der Waals surface area contributed by atoms with Crippen LogP contribution >= 0.6 is 0 Å². The van der Waals surface area contributed by atoms with Gasteiger partial charge >= 0.3 is 0 Å². The molecule has 0 unspecified atom stereocenters. The molecule has 0 atom stereocenters. The van der Waals surface area contributed by atoms with Gasteiger partial charge in [0.2, 0.25) is 0 Å². The summed E-state index contributed by atoms with van der Waals surface area (Å²) in [6, 6.07) is 67.6. The van der Waals surface area contributed by atoms with Crippen molar-refractivity contribution in [3.05, 3.63) is 188 Å². The third-order valence-electron chi connectivity index (χ3n) is 10.0. The van der Waals surface area contributed by atoms with Crippen molar-refractivity contribution in [1.29, 1.82) is 0 Å². The van der Waals surface area contributed by atoms with Gasteiger partial charge in [0.15, 0.2) is 0 Å². The van der Waals surface area contributed by atoms with E-state index >= 15 is 0 Å². The summed E-state index contributed by atoms with van der Waals surface area (Å²) in [6.07, 6.45) is 0. The lowest BCUT2D eigenvalue weighted by atomic mass is 9.93. The maximum absolute atomic E-state index is 6.40. The van der Waals surface area contributed by atoms with Crippen molar-refractivity contribution in [3.8, 4) is 22.3 Å². The first-order chi connectivity index (χ1) is 24.8. The summed E-state index contributed by atoms with van der Waals surface area (Å²) in [4.78, 5) is 2.38. The molecule has 0 amide bonds. The molecule has 2 nitrogen and oxygen atoms in total. The SMILES string of the molecule is c1ccc(-c2ccc3ccccc3c2)c(-c2ccc(N(c3ccc4c(c3)oc3ccccc34)c3cc4ccccc4c4ccccc34)cc2)c1. The Bertz CT molecular complexity index is 2880. The monoisotopic (exact) mass is 637 g/mol. The molecule has 2 heteroatoms. The average Bonchev–Trinajstić information content (AvgIpc) is 3.56. The summed E-state index contributed by atoms with van der Waals surface area (Å²) in [5.41, 5.74) is 9.84. The largest absolute Gasteiger partial charge is 0.456 e. The number of para-hydroxylation sites is 1. The Labute approximate surface area is 290 Å². The molecule has 0 aliphatic rings. The molecule has 1 heterocycles. The van der Waals surface area contributed by atoms with Crippen LogP contribution in [0.5, 0.6) is 0 Å². The zero-order valence-electron chi connectivity index (χ0n) is 27.3. The van der Waals surface area contributed by atoms with Gasteiger partial charge < -0.3 is 9.32 Å². The maximum Gasteiger partial charge on any atom is 0.137 e. The van der Waals surface area contributed by atoms with Gasteiger partial charge in [0, 0.05) is 33.6 Å². The van der Waals surface area contributed by atoms with E-state index in [-0.39, 0.29) is 0 Å². The molecule has 0 aliphatic carbocycles. The molecule has 0 radical (unpaired) electrons. The van der Waals surface area contributed by atoms with E-state index in [1.54, 1.807) is 0 Å². The summed E-state index contributed by atoms with van der Waals surface area (Å²) < 4.78 is 6.40. The average molecular weight is 638 g/mol. The highest BCUT2D eigenvalue weighted by Gasteiger charge is 2.19. The van der Waals surface area contributed by atoms with Crippen LogP contribution in [0.2, 0.25) is 0 Å². The fraction of sp³-hybridized carbons (Fsp3) is 0. The molecule has 0 saturated carbocycles. The summed E-state index contributed by atoms with van der Waals surface area (Å²) >= 11 is 0. The predicted molar refractivity (Wildman–Crippen MR) is 212 cm³/mol. The van der Waals surface area contributed by atoms with Gasteiger partial charge in [-0.25, -0.2) is 0 Å². The van der Waals surface area contributed by atoms with Crippen LogP contribution in [0.3, 0.4) is 0 Å².